The van der Waals surface area contributed by atoms with E-state index in [-0.39, 0.29) is 28.9 Å². The summed E-state index contributed by atoms with van der Waals surface area (Å²) in [6.45, 7) is 1.54. The normalized spacial score (nSPS) is 23.8. The Morgan fingerprint density at radius 1 is 1.24 bits per heavy atom. The summed E-state index contributed by atoms with van der Waals surface area (Å²) < 4.78 is 89.5. The Balaban J connectivity index is 1.55. The van der Waals surface area contributed by atoms with E-state index in [1.165, 1.54) is 6.07 Å². The van der Waals surface area contributed by atoms with Crippen molar-refractivity contribution < 1.29 is 41.0 Å². The number of nitrogens with zero attached hydrogens (tertiary/aromatic N) is 6. The van der Waals surface area contributed by atoms with Crippen LogP contribution in [0.25, 0.3) is 5.65 Å². The molecule has 10 nitrogen and oxygen atoms in total. The minimum Gasteiger partial charge on any atom is -0.351 e. The smallest absolute Gasteiger partial charge is 0.351 e. The van der Waals surface area contributed by atoms with Crippen LogP contribution < -0.4 is 15.1 Å². The number of anilines is 3. The van der Waals surface area contributed by atoms with Gasteiger partial charge in [-0.3, -0.25) is 4.90 Å². The van der Waals surface area contributed by atoms with Crippen LogP contribution in [0.3, 0.4) is 0 Å². The van der Waals surface area contributed by atoms with Gasteiger partial charge in [-0.05, 0) is 19.9 Å². The molecule has 204 valence electrons. The van der Waals surface area contributed by atoms with Crippen molar-refractivity contribution >= 4 is 40.5 Å². The zero-order valence-corrected chi connectivity index (χ0v) is 20.2. The molecule has 1 unspecified atom stereocenters. The van der Waals surface area contributed by atoms with Gasteiger partial charge < -0.3 is 20.1 Å². The molecule has 5 heterocycles. The summed E-state index contributed by atoms with van der Waals surface area (Å²) in [5.74, 6) is -0.357. The quantitative estimate of drug-likeness (QED) is 0.449. The average molecular weight is 566 g/mol. The number of aromatic nitrogens is 4. The number of pyridine rings is 1. The van der Waals surface area contributed by atoms with Crippen molar-refractivity contribution in [3.63, 3.8) is 0 Å². The predicted octanol–water partition coefficient (Wildman–Crippen LogP) is 4.17. The van der Waals surface area contributed by atoms with E-state index in [4.69, 9.17) is 16.3 Å². The highest BCUT2D eigenvalue weighted by atomic mass is 35.5. The van der Waals surface area contributed by atoms with Crippen LogP contribution in [0, 0.1) is 0 Å². The van der Waals surface area contributed by atoms with E-state index < -0.39 is 59.9 Å². The van der Waals surface area contributed by atoms with Gasteiger partial charge in [0, 0.05) is 24.4 Å². The van der Waals surface area contributed by atoms with Gasteiger partial charge in [-0.15, -0.1) is 0 Å². The molecule has 3 aromatic heterocycles. The molecule has 2 amide bonds. The van der Waals surface area contributed by atoms with Gasteiger partial charge >= 0.3 is 18.4 Å². The SMILES string of the molecule is C[C@H]1COC(O)N1c1cc(NC(=O)N2C[C@@](C)(C(F)(F)F)c3c2cnc2cc(Cl)nn32)cc(C(F)(F)F)n1. The van der Waals surface area contributed by atoms with Crippen LogP contribution in [0.5, 0.6) is 0 Å². The summed E-state index contributed by atoms with van der Waals surface area (Å²) >= 11 is 5.86. The molecule has 1 saturated heterocycles. The van der Waals surface area contributed by atoms with E-state index in [2.05, 4.69) is 20.4 Å². The first-order chi connectivity index (χ1) is 17.6. The monoisotopic (exact) mass is 565 g/mol. The van der Waals surface area contributed by atoms with Crippen LogP contribution >= 0.6 is 11.6 Å². The van der Waals surface area contributed by atoms with Gasteiger partial charge in [0.2, 0.25) is 6.41 Å². The third kappa shape index (κ3) is 4.16. The second kappa shape index (κ2) is 8.57. The lowest BCUT2D eigenvalue weighted by Gasteiger charge is -2.28. The fourth-order valence-corrected chi connectivity index (χ4v) is 4.66. The number of rotatable bonds is 2. The molecule has 3 aromatic rings. The maximum absolute atomic E-state index is 14.3. The maximum Gasteiger partial charge on any atom is 0.433 e. The van der Waals surface area contributed by atoms with E-state index in [1.807, 2.05) is 0 Å². The van der Waals surface area contributed by atoms with Crippen LogP contribution in [-0.4, -0.2) is 62.5 Å². The number of aliphatic hydroxyl groups is 1. The van der Waals surface area contributed by atoms with Crippen molar-refractivity contribution in [1.82, 2.24) is 19.6 Å². The molecule has 2 aliphatic heterocycles. The zero-order chi connectivity index (χ0) is 27.8. The Labute approximate surface area is 214 Å². The Hall–Kier alpha value is -3.37. The van der Waals surface area contributed by atoms with E-state index in [9.17, 15) is 36.2 Å². The molecule has 2 N–H and O–H groups in total. The van der Waals surface area contributed by atoms with Crippen LogP contribution in [-0.2, 0) is 16.3 Å². The summed E-state index contributed by atoms with van der Waals surface area (Å²) in [6, 6.07) is 1.11. The van der Waals surface area contributed by atoms with Gasteiger partial charge in [-0.2, -0.15) is 31.4 Å². The number of amides is 2. The molecule has 0 radical (unpaired) electrons. The number of halogens is 7. The van der Waals surface area contributed by atoms with Gasteiger partial charge in [0.15, 0.2) is 10.8 Å². The lowest BCUT2D eigenvalue weighted by molar-refractivity contribution is -0.181. The Bertz CT molecular complexity index is 1420. The fourth-order valence-electron chi connectivity index (χ4n) is 4.49. The van der Waals surface area contributed by atoms with Gasteiger partial charge in [-0.25, -0.2) is 19.3 Å². The molecule has 38 heavy (non-hydrogen) atoms. The molecule has 0 aromatic carbocycles. The number of ether oxygens (including phenoxy) is 1. The first kappa shape index (κ1) is 26.2. The van der Waals surface area contributed by atoms with Crippen LogP contribution in [0.15, 0.2) is 24.4 Å². The highest BCUT2D eigenvalue weighted by Crippen LogP contribution is 2.50. The zero-order valence-electron chi connectivity index (χ0n) is 19.5. The van der Waals surface area contributed by atoms with Gasteiger partial charge in [0.25, 0.3) is 0 Å². The van der Waals surface area contributed by atoms with Crippen molar-refractivity contribution in [2.45, 2.75) is 44.1 Å². The predicted molar refractivity (Wildman–Crippen MR) is 121 cm³/mol. The number of nitrogens with one attached hydrogen (secondary N) is 1. The van der Waals surface area contributed by atoms with Gasteiger partial charge in [-0.1, -0.05) is 11.6 Å². The molecule has 1 fully saturated rings. The lowest BCUT2D eigenvalue weighted by Crippen LogP contribution is -2.46. The number of fused-ring (bicyclic) bond motifs is 3. The third-order valence-corrected chi connectivity index (χ3v) is 6.59. The topological polar surface area (TPSA) is 108 Å². The van der Waals surface area contributed by atoms with E-state index in [0.717, 1.165) is 28.6 Å². The molecule has 0 spiro atoms. The number of carbonyl (C=O) groups excluding carboxylic acids is 1. The van der Waals surface area contributed by atoms with Gasteiger partial charge in [0.05, 0.1) is 30.2 Å². The summed E-state index contributed by atoms with van der Waals surface area (Å²) in [5.41, 5.74) is -5.07. The standard InChI is InChI=1S/C21H18ClF6N7O3/c1-9-7-38-18(37)34(9)15-4-10(3-12(31-15)20(23,24)25)30-17(36)33-8-19(2,21(26,27)28)16-11(33)6-29-14-5-13(22)32-35(14)16/h3-6,9,18,37H,7-8H2,1-2H3,(H,30,31,36)/t9-,18?,19+/m0/s1. The molecule has 5 rings (SSSR count). The minimum absolute atomic E-state index is 0.000284. The number of carbonyl (C=O) groups is 1. The van der Waals surface area contributed by atoms with E-state index >= 15 is 0 Å². The molecule has 17 heteroatoms. The highest BCUT2D eigenvalue weighted by molar-refractivity contribution is 6.29. The first-order valence-corrected chi connectivity index (χ1v) is 11.4. The number of hydrogen-bond donors (Lipinski definition) is 2. The molecule has 0 saturated carbocycles. The maximum atomic E-state index is 14.3. The first-order valence-electron chi connectivity index (χ1n) is 11.0. The van der Waals surface area contributed by atoms with E-state index in [1.54, 1.807) is 6.92 Å². The number of alkyl halides is 6. The molecule has 3 atom stereocenters. The molecule has 0 aliphatic carbocycles. The van der Waals surface area contributed by atoms with Crippen LogP contribution in [0.2, 0.25) is 5.15 Å². The van der Waals surface area contributed by atoms with Crippen molar-refractivity contribution in [3.8, 4) is 0 Å². The largest absolute Gasteiger partial charge is 0.433 e. The number of urea groups is 1. The molecular weight excluding hydrogens is 548 g/mol. The Morgan fingerprint density at radius 3 is 2.55 bits per heavy atom. The minimum atomic E-state index is -4.94. The third-order valence-electron chi connectivity index (χ3n) is 6.41. The van der Waals surface area contributed by atoms with Crippen LogP contribution in [0.1, 0.15) is 25.2 Å². The summed E-state index contributed by atoms with van der Waals surface area (Å²) in [4.78, 5) is 22.6. The molecule has 0 bridgehead atoms. The van der Waals surface area contributed by atoms with Crippen molar-refractivity contribution in [1.29, 1.82) is 0 Å². The molecular formula is C21H18ClF6N7O3. The Kier molecular flexibility index (Phi) is 5.92. The highest BCUT2D eigenvalue weighted by Gasteiger charge is 2.60. The van der Waals surface area contributed by atoms with Crippen molar-refractivity contribution in [2.75, 3.05) is 28.3 Å². The fraction of sp³-hybridized carbons (Fsp3) is 0.429. The number of aliphatic hydroxyl groups excluding tert-OH is 1. The number of hydrogen-bond acceptors (Lipinski definition) is 7. The van der Waals surface area contributed by atoms with E-state index in [0.29, 0.717) is 11.0 Å². The lowest BCUT2D eigenvalue weighted by atomic mass is 9.88. The summed E-state index contributed by atoms with van der Waals surface area (Å²) in [5, 5.41) is 16.0. The van der Waals surface area contributed by atoms with Crippen LogP contribution in [0.4, 0.5) is 48.3 Å². The average Bonchev–Trinajstić information content (AvgIpc) is 3.45. The van der Waals surface area contributed by atoms with Gasteiger partial charge in [0.1, 0.15) is 16.9 Å². The second-order valence-corrected chi connectivity index (χ2v) is 9.48. The summed E-state index contributed by atoms with van der Waals surface area (Å²) in [6.07, 6.45) is -10.3. The second-order valence-electron chi connectivity index (χ2n) is 9.09. The Morgan fingerprint density at radius 2 is 1.95 bits per heavy atom. The summed E-state index contributed by atoms with van der Waals surface area (Å²) in [7, 11) is 0. The molecule has 2 aliphatic rings. The van der Waals surface area contributed by atoms with Crippen molar-refractivity contribution in [2.24, 2.45) is 0 Å². The van der Waals surface area contributed by atoms with Crippen molar-refractivity contribution in [3.05, 3.63) is 40.9 Å².